The molecule has 0 saturated heterocycles. The van der Waals surface area contributed by atoms with Crippen LogP contribution in [0.25, 0.3) is 0 Å². The first-order valence-corrected chi connectivity index (χ1v) is 7.67. The van der Waals surface area contributed by atoms with E-state index in [4.69, 9.17) is 21.1 Å². The average Bonchev–Trinajstić information content (AvgIpc) is 2.59. The van der Waals surface area contributed by atoms with Crippen LogP contribution in [0.1, 0.15) is 5.69 Å². The monoisotopic (exact) mass is 344 g/mol. The van der Waals surface area contributed by atoms with E-state index in [1.165, 1.54) is 0 Å². The van der Waals surface area contributed by atoms with E-state index in [1.807, 2.05) is 19.1 Å². The summed E-state index contributed by atoms with van der Waals surface area (Å²) in [5.41, 5.74) is 0.928. The van der Waals surface area contributed by atoms with Gasteiger partial charge in [-0.1, -0.05) is 23.4 Å². The standard InChI is InChI=1S/C18H17ClN2O3/c1-14-4-7-17(12-21-14)23-11-3-2-10-20-18(22)13-24-16-8-5-15(19)6-9-16/h4-9,12H,10-11,13H2,1H3,(H,20,22). The highest BCUT2D eigenvalue weighted by atomic mass is 35.5. The second-order valence-electron chi connectivity index (χ2n) is 4.80. The van der Waals surface area contributed by atoms with Crippen LogP contribution in [-0.4, -0.2) is 30.6 Å². The predicted molar refractivity (Wildman–Crippen MR) is 92.2 cm³/mol. The number of pyridine rings is 1. The number of hydrogen-bond acceptors (Lipinski definition) is 4. The van der Waals surface area contributed by atoms with Crippen LogP contribution < -0.4 is 14.8 Å². The highest BCUT2D eigenvalue weighted by Gasteiger charge is 2.01. The van der Waals surface area contributed by atoms with Gasteiger partial charge in [0.05, 0.1) is 12.7 Å². The van der Waals surface area contributed by atoms with Crippen LogP contribution in [0, 0.1) is 18.8 Å². The quantitative estimate of drug-likeness (QED) is 0.818. The molecule has 0 aliphatic rings. The molecule has 6 heteroatoms. The number of benzene rings is 1. The zero-order valence-electron chi connectivity index (χ0n) is 13.2. The normalized spacial score (nSPS) is 9.58. The zero-order chi connectivity index (χ0) is 17.2. The fourth-order valence-corrected chi connectivity index (χ4v) is 1.77. The van der Waals surface area contributed by atoms with E-state index in [9.17, 15) is 4.79 Å². The van der Waals surface area contributed by atoms with Crippen molar-refractivity contribution in [3.05, 3.63) is 53.3 Å². The van der Waals surface area contributed by atoms with E-state index in [1.54, 1.807) is 30.5 Å². The van der Waals surface area contributed by atoms with Crippen molar-refractivity contribution in [2.45, 2.75) is 6.92 Å². The van der Waals surface area contributed by atoms with Crippen LogP contribution in [0.3, 0.4) is 0 Å². The molecule has 0 bridgehead atoms. The molecule has 1 N–H and O–H groups in total. The van der Waals surface area contributed by atoms with Crippen molar-refractivity contribution in [2.75, 3.05) is 19.8 Å². The van der Waals surface area contributed by atoms with E-state index in [0.717, 1.165) is 5.69 Å². The molecule has 1 aromatic heterocycles. The van der Waals surface area contributed by atoms with Gasteiger partial charge in [-0.05, 0) is 43.3 Å². The largest absolute Gasteiger partial charge is 0.484 e. The lowest BCUT2D eigenvalue weighted by atomic mass is 10.3. The Hall–Kier alpha value is -2.71. The molecule has 1 heterocycles. The molecular weight excluding hydrogens is 328 g/mol. The van der Waals surface area contributed by atoms with Gasteiger partial charge in [0.15, 0.2) is 6.61 Å². The van der Waals surface area contributed by atoms with Crippen molar-refractivity contribution in [3.8, 4) is 23.3 Å². The Morgan fingerprint density at radius 3 is 2.58 bits per heavy atom. The second-order valence-corrected chi connectivity index (χ2v) is 5.23. The van der Waals surface area contributed by atoms with Gasteiger partial charge in [0.1, 0.15) is 18.1 Å². The molecule has 0 saturated carbocycles. The van der Waals surface area contributed by atoms with E-state index in [-0.39, 0.29) is 25.7 Å². The van der Waals surface area contributed by atoms with Gasteiger partial charge >= 0.3 is 0 Å². The maximum Gasteiger partial charge on any atom is 0.258 e. The van der Waals surface area contributed by atoms with Crippen LogP contribution >= 0.6 is 11.6 Å². The number of aromatic nitrogens is 1. The Morgan fingerprint density at radius 2 is 1.88 bits per heavy atom. The minimum atomic E-state index is -0.247. The molecule has 0 spiro atoms. The molecule has 5 nitrogen and oxygen atoms in total. The molecule has 0 fully saturated rings. The molecular formula is C18H17ClN2O3. The number of carbonyl (C=O) groups excluding carboxylic acids is 1. The van der Waals surface area contributed by atoms with Crippen molar-refractivity contribution in [2.24, 2.45) is 0 Å². The highest BCUT2D eigenvalue weighted by molar-refractivity contribution is 6.30. The maximum atomic E-state index is 11.6. The van der Waals surface area contributed by atoms with Gasteiger partial charge in [0, 0.05) is 10.7 Å². The number of nitrogens with one attached hydrogen (secondary N) is 1. The molecule has 24 heavy (non-hydrogen) atoms. The van der Waals surface area contributed by atoms with E-state index < -0.39 is 0 Å². The Kier molecular flexibility index (Phi) is 6.93. The lowest BCUT2D eigenvalue weighted by Gasteiger charge is -2.05. The smallest absolute Gasteiger partial charge is 0.258 e. The Morgan fingerprint density at radius 1 is 1.12 bits per heavy atom. The first-order chi connectivity index (χ1) is 11.6. The van der Waals surface area contributed by atoms with Gasteiger partial charge in [-0.25, -0.2) is 0 Å². The topological polar surface area (TPSA) is 60.5 Å². The van der Waals surface area contributed by atoms with Crippen LogP contribution in [-0.2, 0) is 4.79 Å². The minimum Gasteiger partial charge on any atom is -0.484 e. The summed E-state index contributed by atoms with van der Waals surface area (Å²) in [4.78, 5) is 15.7. The van der Waals surface area contributed by atoms with Gasteiger partial charge in [0.2, 0.25) is 0 Å². The molecule has 2 aromatic rings. The highest BCUT2D eigenvalue weighted by Crippen LogP contribution is 2.15. The molecule has 0 unspecified atom stereocenters. The molecule has 2 rings (SSSR count). The summed E-state index contributed by atoms with van der Waals surface area (Å²) in [6.07, 6.45) is 1.65. The molecule has 0 radical (unpaired) electrons. The number of rotatable bonds is 6. The maximum absolute atomic E-state index is 11.6. The first-order valence-electron chi connectivity index (χ1n) is 7.30. The summed E-state index contributed by atoms with van der Waals surface area (Å²) >= 11 is 5.77. The summed E-state index contributed by atoms with van der Waals surface area (Å²) in [6, 6.07) is 10.5. The van der Waals surface area contributed by atoms with Crippen molar-refractivity contribution < 1.29 is 14.3 Å². The number of hydrogen-bond donors (Lipinski definition) is 1. The molecule has 0 aliphatic carbocycles. The third-order valence-corrected chi connectivity index (χ3v) is 3.13. The van der Waals surface area contributed by atoms with Crippen LogP contribution in [0.15, 0.2) is 42.6 Å². The number of carbonyl (C=O) groups is 1. The van der Waals surface area contributed by atoms with Crippen LogP contribution in [0.4, 0.5) is 0 Å². The average molecular weight is 345 g/mol. The number of ether oxygens (including phenoxy) is 2. The third kappa shape index (κ3) is 6.59. The molecule has 0 aliphatic heterocycles. The molecule has 1 amide bonds. The van der Waals surface area contributed by atoms with Gasteiger partial charge < -0.3 is 14.8 Å². The minimum absolute atomic E-state index is 0.0746. The summed E-state index contributed by atoms with van der Waals surface area (Å²) in [5, 5.41) is 3.26. The lowest BCUT2D eigenvalue weighted by molar-refractivity contribution is -0.122. The van der Waals surface area contributed by atoms with Gasteiger partial charge in [-0.3, -0.25) is 9.78 Å². The zero-order valence-corrected chi connectivity index (χ0v) is 14.0. The number of aryl methyl sites for hydroxylation is 1. The Balaban J connectivity index is 1.60. The van der Waals surface area contributed by atoms with E-state index >= 15 is 0 Å². The van der Waals surface area contributed by atoms with E-state index in [2.05, 4.69) is 22.1 Å². The van der Waals surface area contributed by atoms with Gasteiger partial charge in [-0.15, -0.1) is 0 Å². The third-order valence-electron chi connectivity index (χ3n) is 2.88. The number of nitrogens with zero attached hydrogens (tertiary/aromatic N) is 1. The predicted octanol–water partition coefficient (Wildman–Crippen LogP) is 2.62. The number of halogens is 1. The Labute approximate surface area is 146 Å². The van der Waals surface area contributed by atoms with Crippen LogP contribution in [0.5, 0.6) is 11.5 Å². The van der Waals surface area contributed by atoms with Crippen molar-refractivity contribution in [1.82, 2.24) is 10.3 Å². The fourth-order valence-electron chi connectivity index (χ4n) is 1.65. The lowest BCUT2D eigenvalue weighted by Crippen LogP contribution is -2.29. The van der Waals surface area contributed by atoms with Crippen molar-refractivity contribution in [3.63, 3.8) is 0 Å². The molecule has 124 valence electrons. The van der Waals surface area contributed by atoms with Gasteiger partial charge in [-0.2, -0.15) is 0 Å². The Bertz CT molecular complexity index is 719. The summed E-state index contributed by atoms with van der Waals surface area (Å²) in [7, 11) is 0. The first kappa shape index (κ1) is 17.6. The van der Waals surface area contributed by atoms with Crippen LogP contribution in [0.2, 0.25) is 5.02 Å². The number of amides is 1. The second kappa shape index (κ2) is 9.43. The molecule has 0 atom stereocenters. The summed E-state index contributed by atoms with van der Waals surface area (Å²) < 4.78 is 10.7. The van der Waals surface area contributed by atoms with E-state index in [0.29, 0.717) is 16.5 Å². The summed E-state index contributed by atoms with van der Waals surface area (Å²) in [6.45, 7) is 2.30. The molecule has 1 aromatic carbocycles. The van der Waals surface area contributed by atoms with Crippen molar-refractivity contribution >= 4 is 17.5 Å². The SMILES string of the molecule is Cc1ccc(OCC#CCNC(=O)COc2ccc(Cl)cc2)cn1. The van der Waals surface area contributed by atoms with Gasteiger partial charge in [0.25, 0.3) is 5.91 Å². The van der Waals surface area contributed by atoms with Crippen molar-refractivity contribution in [1.29, 1.82) is 0 Å². The summed E-state index contributed by atoms with van der Waals surface area (Å²) in [5.74, 6) is 6.62. The fraction of sp³-hybridized carbons (Fsp3) is 0.222.